The van der Waals surface area contributed by atoms with Crippen molar-refractivity contribution in [2.24, 2.45) is 0 Å². The third kappa shape index (κ3) is 4.65. The van der Waals surface area contributed by atoms with Crippen LogP contribution in [0.4, 0.5) is 17.5 Å². The van der Waals surface area contributed by atoms with Crippen molar-refractivity contribution in [2.75, 3.05) is 36.4 Å². The predicted molar refractivity (Wildman–Crippen MR) is 126 cm³/mol. The summed E-state index contributed by atoms with van der Waals surface area (Å²) < 4.78 is 1.86. The van der Waals surface area contributed by atoms with Gasteiger partial charge in [-0.3, -0.25) is 9.36 Å². The Hall–Kier alpha value is -2.71. The second kappa shape index (κ2) is 9.62. The Morgan fingerprint density at radius 2 is 1.77 bits per heavy atom. The number of fused-ring (bicyclic) bond motifs is 1. The topological polar surface area (TPSA) is 88.0 Å². The Balaban J connectivity index is 0.00000231. The van der Waals surface area contributed by atoms with Crippen LogP contribution in [0.15, 0.2) is 41.5 Å². The molecule has 2 fully saturated rings. The zero-order valence-electron chi connectivity index (χ0n) is 17.5. The molecule has 164 valence electrons. The lowest BCUT2D eigenvalue weighted by atomic mass is 9.95. The van der Waals surface area contributed by atoms with Crippen LogP contribution in [0.25, 0.3) is 11.0 Å². The highest BCUT2D eigenvalue weighted by molar-refractivity contribution is 5.85. The fourth-order valence-electron chi connectivity index (χ4n) is 4.48. The van der Waals surface area contributed by atoms with Gasteiger partial charge < -0.3 is 15.5 Å². The van der Waals surface area contributed by atoms with Crippen LogP contribution in [0.5, 0.6) is 0 Å². The van der Waals surface area contributed by atoms with E-state index in [2.05, 4.69) is 31.6 Å². The van der Waals surface area contributed by atoms with Gasteiger partial charge in [0.25, 0.3) is 5.56 Å². The van der Waals surface area contributed by atoms with Gasteiger partial charge in [0, 0.05) is 49.9 Å². The maximum absolute atomic E-state index is 12.7. The van der Waals surface area contributed by atoms with Crippen LogP contribution in [0.3, 0.4) is 0 Å². The molecular weight excluding hydrogens is 414 g/mol. The molecule has 0 unspecified atom stereocenters. The van der Waals surface area contributed by atoms with Crippen molar-refractivity contribution < 1.29 is 0 Å². The van der Waals surface area contributed by atoms with Crippen molar-refractivity contribution in [1.82, 2.24) is 24.8 Å². The summed E-state index contributed by atoms with van der Waals surface area (Å²) in [5.41, 5.74) is 1.83. The number of pyridine rings is 2. The molecule has 0 spiro atoms. The third-order valence-electron chi connectivity index (χ3n) is 6.08. The molecule has 0 bridgehead atoms. The van der Waals surface area contributed by atoms with Gasteiger partial charge in [0.2, 0.25) is 5.95 Å². The van der Waals surface area contributed by atoms with Gasteiger partial charge in [-0.05, 0) is 31.0 Å². The van der Waals surface area contributed by atoms with Crippen LogP contribution in [-0.2, 0) is 0 Å². The number of nitrogens with one attached hydrogen (secondary N) is 2. The molecule has 0 radical (unpaired) electrons. The Labute approximate surface area is 187 Å². The molecule has 31 heavy (non-hydrogen) atoms. The molecular formula is C22H28ClN7O. The van der Waals surface area contributed by atoms with Gasteiger partial charge >= 0.3 is 0 Å². The third-order valence-corrected chi connectivity index (χ3v) is 6.08. The highest BCUT2D eigenvalue weighted by Gasteiger charge is 2.19. The molecule has 0 atom stereocenters. The minimum absolute atomic E-state index is 0. The van der Waals surface area contributed by atoms with E-state index in [-0.39, 0.29) is 24.0 Å². The molecule has 4 heterocycles. The normalized spacial score (nSPS) is 17.4. The second-order valence-corrected chi connectivity index (χ2v) is 8.07. The summed E-state index contributed by atoms with van der Waals surface area (Å²) >= 11 is 0. The number of hydrogen-bond acceptors (Lipinski definition) is 7. The zero-order valence-corrected chi connectivity index (χ0v) is 18.3. The predicted octanol–water partition coefficient (Wildman–Crippen LogP) is 3.27. The molecule has 1 saturated carbocycles. The molecule has 2 N–H and O–H groups in total. The number of piperazine rings is 1. The number of rotatable bonds is 4. The van der Waals surface area contributed by atoms with E-state index in [1.165, 1.54) is 6.42 Å². The van der Waals surface area contributed by atoms with Gasteiger partial charge in [-0.2, -0.15) is 4.98 Å². The molecule has 9 heteroatoms. The first kappa shape index (κ1) is 21.5. The number of halogens is 1. The maximum atomic E-state index is 12.7. The van der Waals surface area contributed by atoms with Gasteiger partial charge in [0.05, 0.1) is 11.9 Å². The average Bonchev–Trinajstić information content (AvgIpc) is 2.80. The summed E-state index contributed by atoms with van der Waals surface area (Å²) in [7, 11) is 0. The summed E-state index contributed by atoms with van der Waals surface area (Å²) in [6.45, 7) is 3.96. The monoisotopic (exact) mass is 441 g/mol. The largest absolute Gasteiger partial charge is 0.368 e. The number of aromatic nitrogens is 4. The summed E-state index contributed by atoms with van der Waals surface area (Å²) in [6, 6.07) is 7.67. The summed E-state index contributed by atoms with van der Waals surface area (Å²) in [5.74, 6) is 1.15. The van der Waals surface area contributed by atoms with E-state index < -0.39 is 0 Å². The molecule has 3 aromatic heterocycles. The van der Waals surface area contributed by atoms with E-state index in [1.54, 1.807) is 18.3 Å². The van der Waals surface area contributed by atoms with Crippen molar-refractivity contribution in [1.29, 1.82) is 0 Å². The van der Waals surface area contributed by atoms with Gasteiger partial charge in [0.15, 0.2) is 0 Å². The Kier molecular flexibility index (Phi) is 6.67. The van der Waals surface area contributed by atoms with Crippen LogP contribution < -0.4 is 21.1 Å². The Morgan fingerprint density at radius 3 is 2.52 bits per heavy atom. The number of anilines is 3. The zero-order chi connectivity index (χ0) is 20.3. The van der Waals surface area contributed by atoms with E-state index in [0.29, 0.717) is 17.4 Å². The van der Waals surface area contributed by atoms with E-state index in [0.717, 1.165) is 62.9 Å². The Bertz CT molecular complexity index is 1070. The van der Waals surface area contributed by atoms with Gasteiger partial charge in [-0.15, -0.1) is 12.4 Å². The quantitative estimate of drug-likeness (QED) is 0.642. The van der Waals surface area contributed by atoms with Crippen LogP contribution in [0.2, 0.25) is 0 Å². The van der Waals surface area contributed by atoms with Gasteiger partial charge in [0.1, 0.15) is 11.5 Å². The summed E-state index contributed by atoms with van der Waals surface area (Å²) in [5, 5.41) is 7.44. The SMILES string of the molecule is Cl.O=c1ccc2cnc(Nc3ccc(N4CCNCC4)cn3)nc2n1C1CCCCC1. The number of nitrogens with zero attached hydrogens (tertiary/aromatic N) is 5. The van der Waals surface area contributed by atoms with E-state index in [1.807, 2.05) is 16.8 Å². The fraction of sp³-hybridized carbons (Fsp3) is 0.455. The second-order valence-electron chi connectivity index (χ2n) is 8.07. The maximum Gasteiger partial charge on any atom is 0.252 e. The average molecular weight is 442 g/mol. The highest BCUT2D eigenvalue weighted by atomic mass is 35.5. The molecule has 1 saturated heterocycles. The van der Waals surface area contributed by atoms with Crippen molar-refractivity contribution in [3.05, 3.63) is 47.0 Å². The lowest BCUT2D eigenvalue weighted by molar-refractivity contribution is 0.353. The lowest BCUT2D eigenvalue weighted by Crippen LogP contribution is -2.43. The first-order chi connectivity index (χ1) is 14.8. The number of hydrogen-bond donors (Lipinski definition) is 2. The molecule has 8 nitrogen and oxygen atoms in total. The highest BCUT2D eigenvalue weighted by Crippen LogP contribution is 2.29. The molecule has 2 aliphatic rings. The Morgan fingerprint density at radius 1 is 0.968 bits per heavy atom. The van der Waals surface area contributed by atoms with Crippen molar-refractivity contribution in [3.63, 3.8) is 0 Å². The molecule has 0 amide bonds. The minimum Gasteiger partial charge on any atom is -0.368 e. The minimum atomic E-state index is 0. The van der Waals surface area contributed by atoms with Crippen LogP contribution in [0.1, 0.15) is 38.1 Å². The van der Waals surface area contributed by atoms with Crippen molar-refractivity contribution in [2.45, 2.75) is 38.1 Å². The molecule has 1 aliphatic carbocycles. The molecule has 1 aliphatic heterocycles. The van der Waals surface area contributed by atoms with E-state index in [9.17, 15) is 4.79 Å². The van der Waals surface area contributed by atoms with Crippen LogP contribution in [-0.4, -0.2) is 45.7 Å². The van der Waals surface area contributed by atoms with Crippen LogP contribution >= 0.6 is 12.4 Å². The first-order valence-electron chi connectivity index (χ1n) is 10.8. The van der Waals surface area contributed by atoms with Gasteiger partial charge in [-0.1, -0.05) is 19.3 Å². The molecule has 3 aromatic rings. The van der Waals surface area contributed by atoms with E-state index in [4.69, 9.17) is 4.98 Å². The molecule has 5 rings (SSSR count). The summed E-state index contributed by atoms with van der Waals surface area (Å²) in [6.07, 6.45) is 9.28. The first-order valence-corrected chi connectivity index (χ1v) is 10.8. The fourth-order valence-corrected chi connectivity index (χ4v) is 4.48. The van der Waals surface area contributed by atoms with E-state index >= 15 is 0 Å². The van der Waals surface area contributed by atoms with Crippen molar-refractivity contribution >= 4 is 40.9 Å². The van der Waals surface area contributed by atoms with Crippen LogP contribution in [0, 0.1) is 0 Å². The smallest absolute Gasteiger partial charge is 0.252 e. The van der Waals surface area contributed by atoms with Crippen molar-refractivity contribution in [3.8, 4) is 0 Å². The standard InChI is InChI=1S/C22H27N7O.ClH/c30-20-9-6-16-14-25-22(27-21(16)29(20)17-4-2-1-3-5-17)26-19-8-7-18(15-24-19)28-12-10-23-11-13-28;/h6-9,14-15,17,23H,1-5,10-13H2,(H,24,25,26,27);1H. The lowest BCUT2D eigenvalue weighted by Gasteiger charge is -2.29. The van der Waals surface area contributed by atoms with Gasteiger partial charge in [-0.25, -0.2) is 9.97 Å². The summed E-state index contributed by atoms with van der Waals surface area (Å²) in [4.78, 5) is 28.6. The molecule has 0 aromatic carbocycles.